The number of hydrogen-bond donors (Lipinski definition) is 0. The van der Waals surface area contributed by atoms with Gasteiger partial charge < -0.3 is 0 Å². The van der Waals surface area contributed by atoms with Crippen molar-refractivity contribution in [3.05, 3.63) is 60.2 Å². The van der Waals surface area contributed by atoms with Crippen molar-refractivity contribution in [2.24, 2.45) is 0 Å². The second-order valence-electron chi connectivity index (χ2n) is 5.17. The smallest absolute Gasteiger partial charge is 0.0201 e. The van der Waals surface area contributed by atoms with E-state index in [1.54, 1.807) is 0 Å². The molecule has 19 heavy (non-hydrogen) atoms. The number of nitrogens with zero attached hydrogens (tertiary/aromatic N) is 1. The Labute approximate surface area is 129 Å². The molecule has 2 aromatic carbocycles. The van der Waals surface area contributed by atoms with E-state index in [-0.39, 0.29) is 0 Å². The molecule has 0 bridgehead atoms. The third-order valence-electron chi connectivity index (χ3n) is 3.93. The van der Waals surface area contributed by atoms with Crippen molar-refractivity contribution in [3.63, 3.8) is 0 Å². The predicted molar refractivity (Wildman–Crippen MR) is 89.4 cm³/mol. The summed E-state index contributed by atoms with van der Waals surface area (Å²) in [6, 6.07) is 19.8. The molecular formula is C17H18IN. The summed E-state index contributed by atoms with van der Waals surface area (Å²) in [5, 5.41) is 0. The van der Waals surface area contributed by atoms with E-state index in [2.05, 4.69) is 80.6 Å². The molecule has 1 saturated heterocycles. The molecule has 0 N–H and O–H groups in total. The van der Waals surface area contributed by atoms with Crippen molar-refractivity contribution in [3.8, 4) is 11.1 Å². The van der Waals surface area contributed by atoms with Crippen LogP contribution in [-0.2, 0) is 0 Å². The molecule has 0 saturated carbocycles. The predicted octanol–water partition coefficient (Wildman–Crippen LogP) is 4.88. The summed E-state index contributed by atoms with van der Waals surface area (Å²) >= 11 is 2.43. The van der Waals surface area contributed by atoms with E-state index in [1.165, 1.54) is 42.6 Å². The van der Waals surface area contributed by atoms with Gasteiger partial charge >= 0.3 is 0 Å². The Morgan fingerprint density at radius 2 is 1.37 bits per heavy atom. The van der Waals surface area contributed by atoms with Crippen LogP contribution in [0.5, 0.6) is 0 Å². The van der Waals surface area contributed by atoms with Gasteiger partial charge in [0.05, 0.1) is 0 Å². The third kappa shape index (κ3) is 3.18. The third-order valence-corrected chi connectivity index (χ3v) is 4.89. The van der Waals surface area contributed by atoms with Gasteiger partial charge in [-0.3, -0.25) is 0 Å². The molecule has 0 aliphatic carbocycles. The first-order chi connectivity index (χ1) is 9.33. The number of halogens is 1. The van der Waals surface area contributed by atoms with Crippen LogP contribution < -0.4 is 0 Å². The van der Waals surface area contributed by atoms with Crippen LogP contribution in [0.4, 0.5) is 0 Å². The van der Waals surface area contributed by atoms with Gasteiger partial charge in [-0.25, -0.2) is 3.11 Å². The Morgan fingerprint density at radius 1 is 0.789 bits per heavy atom. The molecule has 0 amide bonds. The summed E-state index contributed by atoms with van der Waals surface area (Å²) in [7, 11) is 0. The Morgan fingerprint density at radius 3 is 2.00 bits per heavy atom. The Bertz CT molecular complexity index is 513. The van der Waals surface area contributed by atoms with Gasteiger partial charge in [0.25, 0.3) is 0 Å². The Hall–Kier alpha value is -0.870. The molecule has 0 radical (unpaired) electrons. The number of benzene rings is 2. The van der Waals surface area contributed by atoms with E-state index >= 15 is 0 Å². The first-order valence-electron chi connectivity index (χ1n) is 6.89. The lowest BCUT2D eigenvalue weighted by atomic mass is 9.89. The summed E-state index contributed by atoms with van der Waals surface area (Å²) in [4.78, 5) is 0. The largest absolute Gasteiger partial charge is 0.248 e. The second kappa shape index (κ2) is 6.06. The van der Waals surface area contributed by atoms with Crippen LogP contribution in [-0.4, -0.2) is 16.2 Å². The number of hydrogen-bond acceptors (Lipinski definition) is 1. The van der Waals surface area contributed by atoms with Gasteiger partial charge in [0, 0.05) is 36.0 Å². The van der Waals surface area contributed by atoms with Crippen LogP contribution in [0.3, 0.4) is 0 Å². The molecule has 1 heterocycles. The molecule has 1 aliphatic rings. The fourth-order valence-corrected chi connectivity index (χ4v) is 3.32. The highest BCUT2D eigenvalue weighted by atomic mass is 127. The van der Waals surface area contributed by atoms with Gasteiger partial charge in [-0.05, 0) is 35.4 Å². The van der Waals surface area contributed by atoms with Gasteiger partial charge in [-0.15, -0.1) is 0 Å². The summed E-state index contributed by atoms with van der Waals surface area (Å²) in [6.07, 6.45) is 2.57. The lowest BCUT2D eigenvalue weighted by Crippen LogP contribution is -2.24. The van der Waals surface area contributed by atoms with Crippen LogP contribution in [0.1, 0.15) is 24.3 Å². The van der Waals surface area contributed by atoms with Crippen molar-refractivity contribution in [2.45, 2.75) is 18.8 Å². The van der Waals surface area contributed by atoms with Crippen molar-refractivity contribution >= 4 is 22.9 Å². The highest BCUT2D eigenvalue weighted by Gasteiger charge is 2.18. The monoisotopic (exact) mass is 363 g/mol. The molecule has 3 rings (SSSR count). The van der Waals surface area contributed by atoms with Crippen molar-refractivity contribution in [2.75, 3.05) is 13.1 Å². The first-order valence-corrected chi connectivity index (χ1v) is 7.85. The van der Waals surface area contributed by atoms with E-state index < -0.39 is 0 Å². The lowest BCUT2D eigenvalue weighted by Gasteiger charge is -2.27. The quantitative estimate of drug-likeness (QED) is 0.543. The topological polar surface area (TPSA) is 3.24 Å². The maximum atomic E-state index is 2.43. The standard InChI is InChI=1S/C17H18IN/c18-19-12-10-17(11-13-19)16-8-6-15(7-9-16)14-4-2-1-3-5-14/h1-9,17H,10-13H2. The Kier molecular flexibility index (Phi) is 4.18. The van der Waals surface area contributed by atoms with Crippen LogP contribution >= 0.6 is 22.9 Å². The van der Waals surface area contributed by atoms with E-state index in [0.29, 0.717) is 0 Å². The molecule has 1 nitrogen and oxygen atoms in total. The van der Waals surface area contributed by atoms with E-state index in [0.717, 1.165) is 5.92 Å². The SMILES string of the molecule is IN1CCC(c2ccc(-c3ccccc3)cc2)CC1. The van der Waals surface area contributed by atoms with Gasteiger partial charge in [-0.1, -0.05) is 54.6 Å². The minimum atomic E-state index is 0.746. The molecular weight excluding hydrogens is 345 g/mol. The molecule has 0 spiro atoms. The van der Waals surface area contributed by atoms with Gasteiger partial charge in [-0.2, -0.15) is 0 Å². The van der Waals surface area contributed by atoms with E-state index in [4.69, 9.17) is 0 Å². The summed E-state index contributed by atoms with van der Waals surface area (Å²) in [5.74, 6) is 0.746. The molecule has 1 aliphatic heterocycles. The zero-order chi connectivity index (χ0) is 13.1. The fraction of sp³-hybridized carbons (Fsp3) is 0.294. The molecule has 1 fully saturated rings. The van der Waals surface area contributed by atoms with Crippen LogP contribution in [0.15, 0.2) is 54.6 Å². The lowest BCUT2D eigenvalue weighted by molar-refractivity contribution is 0.369. The first kappa shape index (κ1) is 13.1. The number of rotatable bonds is 2. The zero-order valence-corrected chi connectivity index (χ0v) is 13.1. The molecule has 2 heteroatoms. The van der Waals surface area contributed by atoms with E-state index in [1.807, 2.05) is 0 Å². The zero-order valence-electron chi connectivity index (χ0n) is 10.9. The van der Waals surface area contributed by atoms with Crippen LogP contribution in [0, 0.1) is 0 Å². The minimum absolute atomic E-state index is 0.746. The maximum Gasteiger partial charge on any atom is 0.0201 e. The second-order valence-corrected chi connectivity index (χ2v) is 6.54. The normalized spacial score (nSPS) is 17.5. The number of piperidine rings is 1. The molecule has 0 unspecified atom stereocenters. The molecule has 2 aromatic rings. The van der Waals surface area contributed by atoms with Crippen LogP contribution in [0.25, 0.3) is 11.1 Å². The average molecular weight is 363 g/mol. The van der Waals surface area contributed by atoms with Gasteiger partial charge in [0.1, 0.15) is 0 Å². The average Bonchev–Trinajstić information content (AvgIpc) is 2.49. The summed E-state index contributed by atoms with van der Waals surface area (Å²) < 4.78 is 2.40. The molecule has 0 aromatic heterocycles. The van der Waals surface area contributed by atoms with Crippen molar-refractivity contribution < 1.29 is 0 Å². The fourth-order valence-electron chi connectivity index (χ4n) is 2.76. The van der Waals surface area contributed by atoms with Gasteiger partial charge in [0.2, 0.25) is 0 Å². The maximum absolute atomic E-state index is 2.43. The van der Waals surface area contributed by atoms with Crippen molar-refractivity contribution in [1.82, 2.24) is 3.11 Å². The highest BCUT2D eigenvalue weighted by Crippen LogP contribution is 2.30. The summed E-state index contributed by atoms with van der Waals surface area (Å²) in [6.45, 7) is 2.43. The minimum Gasteiger partial charge on any atom is -0.248 e. The van der Waals surface area contributed by atoms with Crippen molar-refractivity contribution in [1.29, 1.82) is 0 Å². The van der Waals surface area contributed by atoms with E-state index in [9.17, 15) is 0 Å². The summed E-state index contributed by atoms with van der Waals surface area (Å²) in [5.41, 5.74) is 4.12. The van der Waals surface area contributed by atoms with Crippen LogP contribution in [0.2, 0.25) is 0 Å². The Balaban J connectivity index is 1.76. The highest BCUT2D eigenvalue weighted by molar-refractivity contribution is 14.1. The molecule has 98 valence electrons. The molecule has 0 atom stereocenters. The van der Waals surface area contributed by atoms with Gasteiger partial charge in [0.15, 0.2) is 0 Å².